The van der Waals surface area contributed by atoms with Crippen molar-refractivity contribution in [1.82, 2.24) is 20.5 Å². The first-order chi connectivity index (χ1) is 9.54. The van der Waals surface area contributed by atoms with Gasteiger partial charge in [0.15, 0.2) is 0 Å². The minimum absolute atomic E-state index is 0.00148. The fourth-order valence-electron chi connectivity index (χ4n) is 1.72. The van der Waals surface area contributed by atoms with Gasteiger partial charge in [-0.25, -0.2) is 4.98 Å². The van der Waals surface area contributed by atoms with E-state index in [1.54, 1.807) is 25.1 Å². The first-order valence-corrected chi connectivity index (χ1v) is 7.71. The van der Waals surface area contributed by atoms with E-state index in [9.17, 15) is 8.42 Å². The standard InChI is InChI=1S/C12H17N5O2S/c1-3-13-8-10-9(2)15-16-12(10)20(18,19)17-11-6-4-5-7-14-11/h4-7,13H,3,8H2,1-2H3,(H,14,17)(H,15,16). The fraction of sp³-hybridized carbons (Fsp3) is 0.333. The highest BCUT2D eigenvalue weighted by molar-refractivity contribution is 7.92. The predicted molar refractivity (Wildman–Crippen MR) is 75.8 cm³/mol. The molecule has 0 unspecified atom stereocenters. The van der Waals surface area contributed by atoms with E-state index in [2.05, 4.69) is 25.2 Å². The Labute approximate surface area is 117 Å². The zero-order valence-corrected chi connectivity index (χ0v) is 12.2. The second kappa shape index (κ2) is 6.02. The maximum absolute atomic E-state index is 12.3. The van der Waals surface area contributed by atoms with Gasteiger partial charge in [0.05, 0.1) is 0 Å². The first-order valence-electron chi connectivity index (χ1n) is 6.23. The summed E-state index contributed by atoms with van der Waals surface area (Å²) in [7, 11) is -3.75. The summed E-state index contributed by atoms with van der Waals surface area (Å²) >= 11 is 0. The van der Waals surface area contributed by atoms with Gasteiger partial charge in [0.1, 0.15) is 5.82 Å². The van der Waals surface area contributed by atoms with Gasteiger partial charge in [-0.05, 0) is 25.6 Å². The van der Waals surface area contributed by atoms with Gasteiger partial charge in [-0.3, -0.25) is 9.82 Å². The van der Waals surface area contributed by atoms with Crippen LogP contribution in [0.15, 0.2) is 29.4 Å². The van der Waals surface area contributed by atoms with Crippen molar-refractivity contribution < 1.29 is 8.42 Å². The van der Waals surface area contributed by atoms with Gasteiger partial charge in [-0.15, -0.1) is 0 Å². The number of hydrogen-bond donors (Lipinski definition) is 3. The van der Waals surface area contributed by atoms with Crippen molar-refractivity contribution >= 4 is 15.8 Å². The molecule has 2 heterocycles. The first kappa shape index (κ1) is 14.5. The topological polar surface area (TPSA) is 99.8 Å². The van der Waals surface area contributed by atoms with Crippen LogP contribution in [-0.2, 0) is 16.6 Å². The van der Waals surface area contributed by atoms with Gasteiger partial charge in [-0.1, -0.05) is 13.0 Å². The second-order valence-electron chi connectivity index (χ2n) is 4.23. The Morgan fingerprint density at radius 2 is 2.15 bits per heavy atom. The molecule has 0 amide bonds. The second-order valence-corrected chi connectivity index (χ2v) is 5.83. The summed E-state index contributed by atoms with van der Waals surface area (Å²) in [5, 5.41) is 9.70. The molecule has 0 bridgehead atoms. The lowest BCUT2D eigenvalue weighted by Crippen LogP contribution is -2.19. The van der Waals surface area contributed by atoms with Gasteiger partial charge in [0.2, 0.25) is 5.03 Å². The number of sulfonamides is 1. The molecule has 0 atom stereocenters. The highest BCUT2D eigenvalue weighted by atomic mass is 32.2. The van der Waals surface area contributed by atoms with Crippen LogP contribution >= 0.6 is 0 Å². The normalized spacial score (nSPS) is 11.5. The molecule has 0 radical (unpaired) electrons. The van der Waals surface area contributed by atoms with Crippen molar-refractivity contribution in [2.75, 3.05) is 11.3 Å². The van der Waals surface area contributed by atoms with Gasteiger partial charge < -0.3 is 5.32 Å². The van der Waals surface area contributed by atoms with E-state index in [0.717, 1.165) is 12.2 Å². The number of nitrogens with one attached hydrogen (secondary N) is 3. The largest absolute Gasteiger partial charge is 0.313 e. The third-order valence-electron chi connectivity index (χ3n) is 2.75. The molecule has 2 rings (SSSR count). The van der Waals surface area contributed by atoms with E-state index in [-0.39, 0.29) is 10.8 Å². The Hall–Kier alpha value is -1.93. The van der Waals surface area contributed by atoms with Crippen LogP contribution in [0.25, 0.3) is 0 Å². The number of aromatic amines is 1. The van der Waals surface area contributed by atoms with Crippen LogP contribution in [-0.4, -0.2) is 30.1 Å². The van der Waals surface area contributed by atoms with Gasteiger partial charge >= 0.3 is 0 Å². The molecule has 8 heteroatoms. The molecule has 0 saturated heterocycles. The van der Waals surface area contributed by atoms with E-state index < -0.39 is 10.0 Å². The fourth-order valence-corrected chi connectivity index (χ4v) is 2.93. The smallest absolute Gasteiger partial charge is 0.282 e. The van der Waals surface area contributed by atoms with Crippen LogP contribution < -0.4 is 10.0 Å². The molecule has 2 aromatic rings. The van der Waals surface area contributed by atoms with Crippen LogP contribution in [0.2, 0.25) is 0 Å². The van der Waals surface area contributed by atoms with Crippen molar-refractivity contribution in [1.29, 1.82) is 0 Å². The number of rotatable bonds is 6. The highest BCUT2D eigenvalue weighted by Crippen LogP contribution is 2.18. The number of hydrogen-bond acceptors (Lipinski definition) is 5. The number of H-pyrrole nitrogens is 1. The summed E-state index contributed by atoms with van der Waals surface area (Å²) in [4.78, 5) is 3.94. The lowest BCUT2D eigenvalue weighted by molar-refractivity contribution is 0.594. The van der Waals surface area contributed by atoms with E-state index in [1.165, 1.54) is 6.20 Å². The molecule has 0 spiro atoms. The molecular formula is C12H17N5O2S. The van der Waals surface area contributed by atoms with E-state index in [0.29, 0.717) is 12.1 Å². The van der Waals surface area contributed by atoms with Crippen molar-refractivity contribution in [2.24, 2.45) is 0 Å². The van der Waals surface area contributed by atoms with Crippen LogP contribution in [0, 0.1) is 6.92 Å². The number of anilines is 1. The molecule has 0 aliphatic heterocycles. The third-order valence-corrected chi connectivity index (χ3v) is 4.07. The van der Waals surface area contributed by atoms with Crippen molar-refractivity contribution in [3.63, 3.8) is 0 Å². The molecule has 0 aliphatic rings. The lowest BCUT2D eigenvalue weighted by atomic mass is 10.2. The molecule has 2 aromatic heterocycles. The molecule has 0 fully saturated rings. The minimum atomic E-state index is -3.75. The van der Waals surface area contributed by atoms with E-state index >= 15 is 0 Å². The van der Waals surface area contributed by atoms with Crippen LogP contribution in [0.1, 0.15) is 18.2 Å². The molecule has 0 aliphatic carbocycles. The number of pyridine rings is 1. The third kappa shape index (κ3) is 3.14. The summed E-state index contributed by atoms with van der Waals surface area (Å²) in [5.41, 5.74) is 1.36. The van der Waals surface area contributed by atoms with Crippen LogP contribution in [0.5, 0.6) is 0 Å². The Morgan fingerprint density at radius 3 is 2.80 bits per heavy atom. The number of aromatic nitrogens is 3. The summed E-state index contributed by atoms with van der Waals surface area (Å²) in [5.74, 6) is 0.266. The molecule has 20 heavy (non-hydrogen) atoms. The lowest BCUT2D eigenvalue weighted by Gasteiger charge is -2.07. The summed E-state index contributed by atoms with van der Waals surface area (Å²) < 4.78 is 27.1. The average Bonchev–Trinajstić information content (AvgIpc) is 2.79. The minimum Gasteiger partial charge on any atom is -0.313 e. The van der Waals surface area contributed by atoms with E-state index in [4.69, 9.17) is 0 Å². The SMILES string of the molecule is CCNCc1c(S(=O)(=O)Nc2ccccn2)n[nH]c1C. The highest BCUT2D eigenvalue weighted by Gasteiger charge is 2.23. The monoisotopic (exact) mass is 295 g/mol. The van der Waals surface area contributed by atoms with Gasteiger partial charge in [-0.2, -0.15) is 13.5 Å². The van der Waals surface area contributed by atoms with Gasteiger partial charge in [0, 0.05) is 24.0 Å². The average molecular weight is 295 g/mol. The predicted octanol–water partition coefficient (Wildman–Crippen LogP) is 1.02. The molecule has 3 N–H and O–H groups in total. The Bertz CT molecular complexity index is 666. The molecular weight excluding hydrogens is 278 g/mol. The van der Waals surface area contributed by atoms with Crippen molar-refractivity contribution in [3.05, 3.63) is 35.7 Å². The Morgan fingerprint density at radius 1 is 1.35 bits per heavy atom. The van der Waals surface area contributed by atoms with Crippen molar-refractivity contribution in [2.45, 2.75) is 25.4 Å². The summed E-state index contributed by atoms with van der Waals surface area (Å²) in [6.45, 7) is 4.93. The summed E-state index contributed by atoms with van der Waals surface area (Å²) in [6, 6.07) is 5.01. The number of aryl methyl sites for hydroxylation is 1. The zero-order chi connectivity index (χ0) is 14.6. The number of nitrogens with zero attached hydrogens (tertiary/aromatic N) is 2. The molecule has 108 valence electrons. The maximum Gasteiger partial charge on any atom is 0.282 e. The van der Waals surface area contributed by atoms with E-state index in [1.807, 2.05) is 6.92 Å². The molecule has 0 saturated carbocycles. The molecule has 7 nitrogen and oxygen atoms in total. The Kier molecular flexibility index (Phi) is 4.35. The van der Waals surface area contributed by atoms with Crippen molar-refractivity contribution in [3.8, 4) is 0 Å². The quantitative estimate of drug-likeness (QED) is 0.739. The van der Waals surface area contributed by atoms with Crippen LogP contribution in [0.3, 0.4) is 0 Å². The van der Waals surface area contributed by atoms with Gasteiger partial charge in [0.25, 0.3) is 10.0 Å². The Balaban J connectivity index is 2.30. The zero-order valence-electron chi connectivity index (χ0n) is 11.3. The van der Waals surface area contributed by atoms with Crippen LogP contribution in [0.4, 0.5) is 5.82 Å². The molecule has 0 aromatic carbocycles. The maximum atomic E-state index is 12.3. The summed E-state index contributed by atoms with van der Waals surface area (Å²) in [6.07, 6.45) is 1.52.